The van der Waals surface area contributed by atoms with Gasteiger partial charge in [-0.2, -0.15) is 0 Å². The van der Waals surface area contributed by atoms with Crippen molar-refractivity contribution in [1.29, 1.82) is 0 Å². The number of esters is 1. The van der Waals surface area contributed by atoms with E-state index in [1.54, 1.807) is 6.07 Å². The Kier molecular flexibility index (Phi) is 4.34. The number of hydrogen-bond acceptors (Lipinski definition) is 4. The summed E-state index contributed by atoms with van der Waals surface area (Å²) in [6, 6.07) is 4.47. The number of hydrogen-bond donors (Lipinski definition) is 3. The molecule has 0 saturated carbocycles. The molecule has 2 atom stereocenters. The Hall–Kier alpha value is -1.75. The van der Waals surface area contributed by atoms with Crippen LogP contribution in [0.15, 0.2) is 18.2 Å². The Bertz CT molecular complexity index is 403. The van der Waals surface area contributed by atoms with Crippen LogP contribution in [0, 0.1) is 0 Å². The summed E-state index contributed by atoms with van der Waals surface area (Å²) in [5.74, 6) is -0.699. The molecule has 2 unspecified atom stereocenters. The first-order valence-electron chi connectivity index (χ1n) is 5.41. The number of carbonyl (C=O) groups excluding carboxylic acids is 1. The monoisotopic (exact) mass is 240 g/mol. The standard InChI is InChI=1S/C12H17NO4/c1-7(13)12(17-8(2)14)6-9-3-4-10(15)11(16)5-9/h3-5,7,12,15-16H,6,13H2,1-2H3/p+1. The number of phenols is 2. The molecule has 5 nitrogen and oxygen atoms in total. The lowest BCUT2D eigenvalue weighted by atomic mass is 10.0. The van der Waals surface area contributed by atoms with Crippen molar-refractivity contribution in [3.8, 4) is 11.5 Å². The van der Waals surface area contributed by atoms with Gasteiger partial charge in [-0.25, -0.2) is 0 Å². The van der Waals surface area contributed by atoms with Crippen LogP contribution < -0.4 is 5.73 Å². The van der Waals surface area contributed by atoms with Crippen molar-refractivity contribution in [3.63, 3.8) is 0 Å². The van der Waals surface area contributed by atoms with Gasteiger partial charge in [-0.05, 0) is 24.6 Å². The van der Waals surface area contributed by atoms with E-state index in [4.69, 9.17) is 4.74 Å². The van der Waals surface area contributed by atoms with Crippen LogP contribution in [-0.2, 0) is 16.0 Å². The quantitative estimate of drug-likeness (QED) is 0.517. The van der Waals surface area contributed by atoms with Gasteiger partial charge in [0.2, 0.25) is 0 Å². The van der Waals surface area contributed by atoms with Crippen molar-refractivity contribution in [1.82, 2.24) is 0 Å². The van der Waals surface area contributed by atoms with Gasteiger partial charge in [-0.3, -0.25) is 4.79 Å². The van der Waals surface area contributed by atoms with E-state index >= 15 is 0 Å². The van der Waals surface area contributed by atoms with Gasteiger partial charge in [-0.15, -0.1) is 0 Å². The number of carbonyl (C=O) groups is 1. The fourth-order valence-electron chi connectivity index (χ4n) is 1.50. The topological polar surface area (TPSA) is 94.4 Å². The summed E-state index contributed by atoms with van der Waals surface area (Å²) in [5.41, 5.74) is 4.62. The third-order valence-electron chi connectivity index (χ3n) is 2.43. The van der Waals surface area contributed by atoms with Crippen LogP contribution in [0.3, 0.4) is 0 Å². The number of benzene rings is 1. The summed E-state index contributed by atoms with van der Waals surface area (Å²) >= 11 is 0. The maximum Gasteiger partial charge on any atom is 0.303 e. The van der Waals surface area contributed by atoms with Crippen LogP contribution in [0.5, 0.6) is 11.5 Å². The normalized spacial score (nSPS) is 14.1. The fourth-order valence-corrected chi connectivity index (χ4v) is 1.50. The Morgan fingerprint density at radius 2 is 2.06 bits per heavy atom. The predicted molar refractivity (Wildman–Crippen MR) is 61.4 cm³/mol. The zero-order valence-electron chi connectivity index (χ0n) is 10.0. The second-order valence-electron chi connectivity index (χ2n) is 4.15. The molecule has 17 heavy (non-hydrogen) atoms. The van der Waals surface area contributed by atoms with Gasteiger partial charge in [0.15, 0.2) is 17.6 Å². The fraction of sp³-hybridized carbons (Fsp3) is 0.417. The number of quaternary nitrogens is 1. The van der Waals surface area contributed by atoms with Gasteiger partial charge in [-0.1, -0.05) is 6.07 Å². The molecule has 0 radical (unpaired) electrons. The average Bonchev–Trinajstić information content (AvgIpc) is 2.21. The first-order chi connectivity index (χ1) is 7.90. The van der Waals surface area contributed by atoms with Crippen LogP contribution in [0.1, 0.15) is 19.4 Å². The lowest BCUT2D eigenvalue weighted by Gasteiger charge is -2.18. The molecule has 94 valence electrons. The summed E-state index contributed by atoms with van der Waals surface area (Å²) in [4.78, 5) is 10.9. The molecule has 0 spiro atoms. The van der Waals surface area contributed by atoms with E-state index < -0.39 is 0 Å². The summed E-state index contributed by atoms with van der Waals surface area (Å²) in [5, 5.41) is 18.5. The van der Waals surface area contributed by atoms with Crippen molar-refractivity contribution in [2.45, 2.75) is 32.4 Å². The molecule has 0 aliphatic rings. The number of ether oxygens (including phenoxy) is 1. The van der Waals surface area contributed by atoms with Crippen LogP contribution >= 0.6 is 0 Å². The maximum atomic E-state index is 10.9. The highest BCUT2D eigenvalue weighted by atomic mass is 16.5. The zero-order chi connectivity index (χ0) is 13.0. The Balaban J connectivity index is 2.78. The van der Waals surface area contributed by atoms with E-state index in [-0.39, 0.29) is 29.6 Å². The van der Waals surface area contributed by atoms with E-state index in [0.29, 0.717) is 6.42 Å². The van der Waals surface area contributed by atoms with Crippen molar-refractivity contribution >= 4 is 5.97 Å². The molecule has 0 aliphatic heterocycles. The highest BCUT2D eigenvalue weighted by Crippen LogP contribution is 2.25. The van der Waals surface area contributed by atoms with E-state index in [0.717, 1.165) is 5.56 Å². The molecule has 0 aromatic heterocycles. The summed E-state index contributed by atoms with van der Waals surface area (Å²) in [6.45, 7) is 3.21. The van der Waals surface area contributed by atoms with Gasteiger partial charge in [0.1, 0.15) is 6.04 Å². The largest absolute Gasteiger partial charge is 0.504 e. The average molecular weight is 240 g/mol. The second kappa shape index (κ2) is 5.54. The molecule has 0 amide bonds. The SMILES string of the molecule is CC(=O)OC(Cc1ccc(O)c(O)c1)C(C)[NH3+]. The van der Waals surface area contributed by atoms with E-state index in [1.807, 2.05) is 6.92 Å². The summed E-state index contributed by atoms with van der Waals surface area (Å²) in [6.07, 6.45) is 0.120. The Morgan fingerprint density at radius 3 is 2.53 bits per heavy atom. The molecule has 0 saturated heterocycles. The number of aromatic hydroxyl groups is 2. The smallest absolute Gasteiger partial charge is 0.303 e. The van der Waals surface area contributed by atoms with Crippen LogP contribution in [-0.4, -0.2) is 28.3 Å². The molecule has 5 heteroatoms. The maximum absolute atomic E-state index is 10.9. The van der Waals surface area contributed by atoms with Gasteiger partial charge in [0, 0.05) is 13.3 Å². The lowest BCUT2D eigenvalue weighted by Crippen LogP contribution is -2.65. The molecule has 1 aromatic carbocycles. The minimum Gasteiger partial charge on any atom is -0.504 e. The Labute approximate surface area is 99.8 Å². The minimum absolute atomic E-state index is 0.0603. The van der Waals surface area contributed by atoms with Crippen molar-refractivity contribution in [2.24, 2.45) is 0 Å². The number of phenolic OH excluding ortho intramolecular Hbond substituents is 2. The molecule has 0 aliphatic carbocycles. The van der Waals surface area contributed by atoms with Gasteiger partial charge >= 0.3 is 5.97 Å². The summed E-state index contributed by atoms with van der Waals surface area (Å²) in [7, 11) is 0. The third-order valence-corrected chi connectivity index (χ3v) is 2.43. The molecule has 1 rings (SSSR count). The second-order valence-corrected chi connectivity index (χ2v) is 4.15. The van der Waals surface area contributed by atoms with Crippen LogP contribution in [0.2, 0.25) is 0 Å². The third kappa shape index (κ3) is 3.96. The molecule has 0 bridgehead atoms. The van der Waals surface area contributed by atoms with Gasteiger partial charge in [0.05, 0.1) is 0 Å². The van der Waals surface area contributed by atoms with Crippen LogP contribution in [0.4, 0.5) is 0 Å². The highest BCUT2D eigenvalue weighted by molar-refractivity contribution is 5.66. The van der Waals surface area contributed by atoms with E-state index in [9.17, 15) is 15.0 Å². The molecular weight excluding hydrogens is 222 g/mol. The predicted octanol–water partition coefficient (Wildman–Crippen LogP) is 0.202. The Morgan fingerprint density at radius 1 is 1.41 bits per heavy atom. The van der Waals surface area contributed by atoms with Crippen molar-refractivity contribution in [2.75, 3.05) is 0 Å². The van der Waals surface area contributed by atoms with Crippen molar-refractivity contribution in [3.05, 3.63) is 23.8 Å². The highest BCUT2D eigenvalue weighted by Gasteiger charge is 2.20. The van der Waals surface area contributed by atoms with Crippen molar-refractivity contribution < 1.29 is 25.5 Å². The lowest BCUT2D eigenvalue weighted by molar-refractivity contribution is -0.431. The van der Waals surface area contributed by atoms with Gasteiger partial charge in [0.25, 0.3) is 0 Å². The molecular formula is C12H18NO4+. The first-order valence-corrected chi connectivity index (χ1v) is 5.41. The molecule has 0 fully saturated rings. The van der Waals surface area contributed by atoms with Gasteiger partial charge < -0.3 is 20.7 Å². The zero-order valence-corrected chi connectivity index (χ0v) is 10.0. The summed E-state index contributed by atoms with van der Waals surface area (Å²) < 4.78 is 5.14. The minimum atomic E-state index is -0.353. The molecule has 1 aromatic rings. The van der Waals surface area contributed by atoms with Crippen LogP contribution in [0.25, 0.3) is 0 Å². The van der Waals surface area contributed by atoms with E-state index in [1.165, 1.54) is 19.1 Å². The molecule has 5 N–H and O–H groups in total. The number of rotatable bonds is 4. The van der Waals surface area contributed by atoms with E-state index in [2.05, 4.69) is 5.73 Å². The molecule has 0 heterocycles. The first kappa shape index (κ1) is 13.3.